The topological polar surface area (TPSA) is 93.1 Å². The van der Waals surface area contributed by atoms with Gasteiger partial charge in [-0.2, -0.15) is 5.10 Å². The first-order valence-electron chi connectivity index (χ1n) is 9.43. The molecule has 29 heavy (non-hydrogen) atoms. The Hall–Kier alpha value is -3.42. The first kappa shape index (κ1) is 20.3. The zero-order chi connectivity index (χ0) is 21.1. The molecule has 1 N–H and O–H groups in total. The quantitative estimate of drug-likeness (QED) is 0.647. The molecule has 1 atom stereocenters. The molecule has 0 saturated carbocycles. The molecule has 1 aromatic carbocycles. The number of ether oxygens (including phenoxy) is 1. The minimum absolute atomic E-state index is 0.165. The largest absolute Gasteiger partial charge is 0.462 e. The summed E-state index contributed by atoms with van der Waals surface area (Å²) in [6, 6.07) is 7.62. The monoisotopic (exact) mass is 395 g/mol. The van der Waals surface area contributed by atoms with Gasteiger partial charge in [0.2, 0.25) is 0 Å². The van der Waals surface area contributed by atoms with Gasteiger partial charge < -0.3 is 14.6 Å². The Kier molecular flexibility index (Phi) is 5.81. The van der Waals surface area contributed by atoms with Crippen molar-refractivity contribution in [2.75, 3.05) is 13.7 Å². The van der Waals surface area contributed by atoms with Crippen LogP contribution in [0.3, 0.4) is 0 Å². The summed E-state index contributed by atoms with van der Waals surface area (Å²) in [5.74, 6) is -0.605. The number of aromatic amines is 1. The van der Waals surface area contributed by atoms with Crippen LogP contribution >= 0.6 is 0 Å². The number of aryl methyl sites for hydroxylation is 1. The third kappa shape index (κ3) is 3.91. The van der Waals surface area contributed by atoms with E-state index in [0.29, 0.717) is 22.5 Å². The SMILES string of the molecule is CCOC(=O)c1c(C)[nH]c(C(=O)N(C)C(C)c2ccc(-n3cncn3)cc2)c1C. The van der Waals surface area contributed by atoms with Crippen LogP contribution < -0.4 is 0 Å². The van der Waals surface area contributed by atoms with Gasteiger partial charge in [-0.05, 0) is 51.0 Å². The molecule has 0 aliphatic rings. The van der Waals surface area contributed by atoms with Crippen molar-refractivity contribution in [3.8, 4) is 5.69 Å². The van der Waals surface area contributed by atoms with Crippen LogP contribution in [0.2, 0.25) is 0 Å². The van der Waals surface area contributed by atoms with Crippen molar-refractivity contribution in [2.45, 2.75) is 33.7 Å². The molecule has 8 heteroatoms. The third-order valence-electron chi connectivity index (χ3n) is 5.09. The molecule has 152 valence electrons. The molecule has 0 fully saturated rings. The van der Waals surface area contributed by atoms with E-state index in [2.05, 4.69) is 15.1 Å². The lowest BCUT2D eigenvalue weighted by Crippen LogP contribution is -2.30. The first-order chi connectivity index (χ1) is 13.8. The van der Waals surface area contributed by atoms with Gasteiger partial charge in [-0.3, -0.25) is 4.79 Å². The second-order valence-corrected chi connectivity index (χ2v) is 6.87. The number of nitrogens with zero attached hydrogens (tertiary/aromatic N) is 4. The van der Waals surface area contributed by atoms with Crippen molar-refractivity contribution in [1.82, 2.24) is 24.6 Å². The molecule has 1 unspecified atom stereocenters. The maximum atomic E-state index is 13.1. The highest BCUT2D eigenvalue weighted by Gasteiger charge is 2.26. The number of esters is 1. The van der Waals surface area contributed by atoms with E-state index >= 15 is 0 Å². The van der Waals surface area contributed by atoms with Crippen LogP contribution in [-0.4, -0.2) is 50.2 Å². The second kappa shape index (κ2) is 8.30. The molecule has 1 amide bonds. The summed E-state index contributed by atoms with van der Waals surface area (Å²) < 4.78 is 6.78. The summed E-state index contributed by atoms with van der Waals surface area (Å²) in [6.45, 7) is 7.52. The van der Waals surface area contributed by atoms with Gasteiger partial charge in [-0.1, -0.05) is 12.1 Å². The van der Waals surface area contributed by atoms with Crippen LogP contribution in [-0.2, 0) is 4.74 Å². The van der Waals surface area contributed by atoms with E-state index < -0.39 is 5.97 Å². The van der Waals surface area contributed by atoms with Crippen molar-refractivity contribution < 1.29 is 14.3 Å². The Labute approximate surface area is 169 Å². The minimum Gasteiger partial charge on any atom is -0.462 e. The highest BCUT2D eigenvalue weighted by molar-refractivity contribution is 6.00. The van der Waals surface area contributed by atoms with E-state index in [9.17, 15) is 9.59 Å². The van der Waals surface area contributed by atoms with E-state index in [1.165, 1.54) is 6.33 Å². The van der Waals surface area contributed by atoms with E-state index in [4.69, 9.17) is 4.74 Å². The number of carbonyl (C=O) groups excluding carboxylic acids is 2. The maximum Gasteiger partial charge on any atom is 0.340 e. The summed E-state index contributed by atoms with van der Waals surface area (Å²) in [6.07, 6.45) is 3.11. The fourth-order valence-corrected chi connectivity index (χ4v) is 3.30. The molecule has 8 nitrogen and oxygen atoms in total. The lowest BCUT2D eigenvalue weighted by atomic mass is 10.1. The molecule has 2 heterocycles. The van der Waals surface area contributed by atoms with Gasteiger partial charge in [0.1, 0.15) is 18.3 Å². The van der Waals surface area contributed by atoms with Gasteiger partial charge in [-0.25, -0.2) is 14.5 Å². The number of H-pyrrole nitrogens is 1. The number of aromatic nitrogens is 4. The number of carbonyl (C=O) groups is 2. The first-order valence-corrected chi connectivity index (χ1v) is 9.43. The molecule has 0 radical (unpaired) electrons. The molecule has 2 aromatic heterocycles. The summed E-state index contributed by atoms with van der Waals surface area (Å²) in [5, 5.41) is 4.11. The van der Waals surface area contributed by atoms with Gasteiger partial charge >= 0.3 is 5.97 Å². The lowest BCUT2D eigenvalue weighted by Gasteiger charge is -2.25. The molecular weight excluding hydrogens is 370 g/mol. The highest BCUT2D eigenvalue weighted by atomic mass is 16.5. The van der Waals surface area contributed by atoms with E-state index in [1.54, 1.807) is 43.7 Å². The molecule has 0 aliphatic heterocycles. The molecule has 0 spiro atoms. The van der Waals surface area contributed by atoms with Crippen LogP contribution in [0.5, 0.6) is 0 Å². The summed E-state index contributed by atoms with van der Waals surface area (Å²) in [7, 11) is 1.75. The fraction of sp³-hybridized carbons (Fsp3) is 0.333. The van der Waals surface area contributed by atoms with Gasteiger partial charge in [0.05, 0.1) is 23.9 Å². The van der Waals surface area contributed by atoms with Gasteiger partial charge in [0, 0.05) is 12.7 Å². The fourth-order valence-electron chi connectivity index (χ4n) is 3.30. The molecule has 0 bridgehead atoms. The van der Waals surface area contributed by atoms with E-state index in [-0.39, 0.29) is 18.6 Å². The Balaban J connectivity index is 1.81. The normalized spacial score (nSPS) is 11.9. The molecule has 0 aliphatic carbocycles. The van der Waals surface area contributed by atoms with Crippen LogP contribution in [0.4, 0.5) is 0 Å². The molecular formula is C21H25N5O3. The zero-order valence-corrected chi connectivity index (χ0v) is 17.3. The number of amides is 1. The van der Waals surface area contributed by atoms with Gasteiger partial charge in [0.15, 0.2) is 0 Å². The number of rotatable bonds is 6. The van der Waals surface area contributed by atoms with E-state index in [0.717, 1.165) is 11.3 Å². The van der Waals surface area contributed by atoms with Gasteiger partial charge in [0.25, 0.3) is 5.91 Å². The van der Waals surface area contributed by atoms with E-state index in [1.807, 2.05) is 31.2 Å². The average molecular weight is 395 g/mol. The molecule has 0 saturated heterocycles. The van der Waals surface area contributed by atoms with Crippen LogP contribution in [0.1, 0.15) is 57.6 Å². The Morgan fingerprint density at radius 2 is 1.93 bits per heavy atom. The highest BCUT2D eigenvalue weighted by Crippen LogP contribution is 2.25. The standard InChI is InChI=1S/C21H25N5O3/c1-6-29-21(28)18-13(2)19(24-14(18)3)20(27)25(5)15(4)16-7-9-17(10-8-16)26-12-22-11-23-26/h7-12,15,24H,6H2,1-5H3. The third-order valence-corrected chi connectivity index (χ3v) is 5.09. The number of hydrogen-bond acceptors (Lipinski definition) is 5. The Bertz CT molecular complexity index is 1010. The molecule has 3 aromatic rings. The van der Waals surface area contributed by atoms with Crippen molar-refractivity contribution in [3.05, 3.63) is 65.0 Å². The number of hydrogen-bond donors (Lipinski definition) is 1. The van der Waals surface area contributed by atoms with Crippen LogP contribution in [0, 0.1) is 13.8 Å². The Morgan fingerprint density at radius 1 is 1.24 bits per heavy atom. The van der Waals surface area contributed by atoms with Crippen LogP contribution in [0.25, 0.3) is 5.69 Å². The zero-order valence-electron chi connectivity index (χ0n) is 17.3. The second-order valence-electron chi connectivity index (χ2n) is 6.87. The predicted octanol–water partition coefficient (Wildman–Crippen LogP) is 3.22. The van der Waals surface area contributed by atoms with Crippen molar-refractivity contribution in [2.24, 2.45) is 0 Å². The summed E-state index contributed by atoms with van der Waals surface area (Å²) in [5.41, 5.74) is 3.93. The summed E-state index contributed by atoms with van der Waals surface area (Å²) in [4.78, 5) is 34.0. The number of nitrogens with one attached hydrogen (secondary N) is 1. The molecule has 3 rings (SSSR count). The predicted molar refractivity (Wildman–Crippen MR) is 108 cm³/mol. The Morgan fingerprint density at radius 3 is 2.52 bits per heavy atom. The van der Waals surface area contributed by atoms with Gasteiger partial charge in [-0.15, -0.1) is 0 Å². The van der Waals surface area contributed by atoms with Crippen LogP contribution in [0.15, 0.2) is 36.9 Å². The maximum absolute atomic E-state index is 13.1. The number of benzene rings is 1. The van der Waals surface area contributed by atoms with Crippen molar-refractivity contribution in [1.29, 1.82) is 0 Å². The lowest BCUT2D eigenvalue weighted by molar-refractivity contribution is 0.0525. The van der Waals surface area contributed by atoms with Crippen molar-refractivity contribution >= 4 is 11.9 Å². The smallest absolute Gasteiger partial charge is 0.340 e. The average Bonchev–Trinajstić information content (AvgIpc) is 3.35. The van der Waals surface area contributed by atoms with Crippen molar-refractivity contribution in [3.63, 3.8) is 0 Å². The summed E-state index contributed by atoms with van der Waals surface area (Å²) >= 11 is 0. The minimum atomic E-state index is -0.419.